The summed E-state index contributed by atoms with van der Waals surface area (Å²) in [5, 5.41) is 0. The Balaban J connectivity index is 3.48. The number of hydrogen-bond acceptors (Lipinski definition) is 2. The molecule has 0 aromatic rings. The van der Waals surface area contributed by atoms with E-state index in [1.54, 1.807) is 0 Å². The first-order chi connectivity index (χ1) is 15.6. The van der Waals surface area contributed by atoms with Crippen LogP contribution < -0.4 is 0 Å². The zero-order chi connectivity index (χ0) is 23.7. The van der Waals surface area contributed by atoms with Crippen molar-refractivity contribution in [2.45, 2.75) is 168 Å². The lowest BCUT2D eigenvalue weighted by Gasteiger charge is -2.09. The lowest BCUT2D eigenvalue weighted by atomic mass is 9.93. The summed E-state index contributed by atoms with van der Waals surface area (Å²) in [6.45, 7) is 8.40. The van der Waals surface area contributed by atoms with Gasteiger partial charge in [0.15, 0.2) is 0 Å². The van der Waals surface area contributed by atoms with Crippen molar-refractivity contribution in [3.63, 3.8) is 0 Å². The molecule has 0 N–H and O–H groups in total. The molecule has 0 amide bonds. The summed E-state index contributed by atoms with van der Waals surface area (Å²) in [6.07, 6.45) is 29.2. The first-order valence-corrected chi connectivity index (χ1v) is 14.5. The Hall–Kier alpha value is -0.660. The highest BCUT2D eigenvalue weighted by Crippen LogP contribution is 2.16. The van der Waals surface area contributed by atoms with Gasteiger partial charge in [0.05, 0.1) is 5.92 Å². The number of ketones is 2. The summed E-state index contributed by atoms with van der Waals surface area (Å²) in [5.41, 5.74) is 0. The fourth-order valence-electron chi connectivity index (χ4n) is 4.45. The van der Waals surface area contributed by atoms with E-state index in [9.17, 15) is 9.59 Å². The van der Waals surface area contributed by atoms with Gasteiger partial charge in [0.25, 0.3) is 0 Å². The molecule has 0 rings (SSSR count). The van der Waals surface area contributed by atoms with Crippen molar-refractivity contribution < 1.29 is 9.59 Å². The van der Waals surface area contributed by atoms with Gasteiger partial charge in [-0.1, -0.05) is 142 Å². The molecule has 0 unspecified atom stereocenters. The van der Waals surface area contributed by atoms with Crippen LogP contribution in [-0.2, 0) is 9.59 Å². The Labute approximate surface area is 202 Å². The van der Waals surface area contributed by atoms with Crippen LogP contribution in [0.25, 0.3) is 0 Å². The largest absolute Gasteiger partial charge is 0.299 e. The van der Waals surface area contributed by atoms with Crippen LogP contribution in [0.2, 0.25) is 0 Å². The second-order valence-electron chi connectivity index (χ2n) is 10.1. The molecule has 0 aromatic heterocycles. The number of carbonyl (C=O) groups is 2. The van der Waals surface area contributed by atoms with Gasteiger partial charge in [-0.05, 0) is 19.8 Å². The fourth-order valence-corrected chi connectivity index (χ4v) is 4.45. The lowest BCUT2D eigenvalue weighted by Crippen LogP contribution is -2.21. The van der Waals surface area contributed by atoms with Crippen molar-refractivity contribution in [3.05, 3.63) is 6.92 Å². The molecule has 0 aliphatic heterocycles. The van der Waals surface area contributed by atoms with E-state index in [2.05, 4.69) is 20.8 Å². The van der Waals surface area contributed by atoms with Crippen molar-refractivity contribution in [1.82, 2.24) is 0 Å². The van der Waals surface area contributed by atoms with Crippen molar-refractivity contribution in [1.29, 1.82) is 0 Å². The second kappa shape index (κ2) is 25.0. The van der Waals surface area contributed by atoms with Crippen LogP contribution in [0.15, 0.2) is 0 Å². The maximum absolute atomic E-state index is 12.3. The van der Waals surface area contributed by atoms with E-state index in [0.29, 0.717) is 12.8 Å². The van der Waals surface area contributed by atoms with Crippen LogP contribution in [0.5, 0.6) is 0 Å². The molecule has 0 saturated carbocycles. The van der Waals surface area contributed by atoms with E-state index >= 15 is 0 Å². The van der Waals surface area contributed by atoms with Crippen LogP contribution in [0.1, 0.15) is 168 Å². The minimum atomic E-state index is -0.624. The number of hydrogen-bond donors (Lipinski definition) is 0. The summed E-state index contributed by atoms with van der Waals surface area (Å²) < 4.78 is 0. The Morgan fingerprint density at radius 2 is 0.656 bits per heavy atom. The molecule has 0 aliphatic rings. The third-order valence-electron chi connectivity index (χ3n) is 6.83. The minimum Gasteiger partial charge on any atom is -0.299 e. The zero-order valence-corrected chi connectivity index (χ0v) is 22.1. The van der Waals surface area contributed by atoms with E-state index in [-0.39, 0.29) is 11.6 Å². The maximum atomic E-state index is 12.3. The van der Waals surface area contributed by atoms with Gasteiger partial charge in [-0.15, -0.1) is 0 Å². The standard InChI is InChI=1S/C30H57O2/c1-4-6-8-10-12-14-16-18-20-22-24-26-29(31)28(3)30(32)27-25-23-21-19-17-15-13-11-9-7-5-2/h28H,3-27H2,1-2H3. The average molecular weight is 450 g/mol. The smallest absolute Gasteiger partial charge is 0.143 e. The third kappa shape index (κ3) is 21.2. The molecule has 1 radical (unpaired) electrons. The van der Waals surface area contributed by atoms with E-state index in [1.165, 1.54) is 116 Å². The molecular formula is C30H57O2. The van der Waals surface area contributed by atoms with Gasteiger partial charge < -0.3 is 0 Å². The van der Waals surface area contributed by atoms with Gasteiger partial charge in [-0.3, -0.25) is 9.59 Å². The SMILES string of the molecule is [CH2]C(C(=O)CCCCCCCCCCCCC)C(=O)CCCCCCCCCCCCC. The average Bonchev–Trinajstić information content (AvgIpc) is 2.80. The molecule has 0 heterocycles. The molecule has 32 heavy (non-hydrogen) atoms. The van der Waals surface area contributed by atoms with Crippen molar-refractivity contribution in [2.24, 2.45) is 5.92 Å². The van der Waals surface area contributed by atoms with Gasteiger partial charge in [-0.25, -0.2) is 0 Å². The van der Waals surface area contributed by atoms with E-state index in [4.69, 9.17) is 0 Å². The van der Waals surface area contributed by atoms with E-state index < -0.39 is 5.92 Å². The fraction of sp³-hybridized carbons (Fsp3) is 0.900. The van der Waals surface area contributed by atoms with Crippen molar-refractivity contribution in [2.75, 3.05) is 0 Å². The summed E-state index contributed by atoms with van der Waals surface area (Å²) in [5.74, 6) is -0.496. The molecule has 0 atom stereocenters. The normalized spacial score (nSPS) is 11.4. The molecule has 2 nitrogen and oxygen atoms in total. The van der Waals surface area contributed by atoms with Crippen LogP contribution >= 0.6 is 0 Å². The van der Waals surface area contributed by atoms with Gasteiger partial charge >= 0.3 is 0 Å². The van der Waals surface area contributed by atoms with Gasteiger partial charge in [-0.2, -0.15) is 0 Å². The minimum absolute atomic E-state index is 0.0639. The quantitative estimate of drug-likeness (QED) is 0.0972. The molecule has 0 spiro atoms. The number of carbonyl (C=O) groups excluding carboxylic acids is 2. The Kier molecular flexibility index (Phi) is 24.5. The van der Waals surface area contributed by atoms with E-state index in [0.717, 1.165) is 25.7 Å². The zero-order valence-electron chi connectivity index (χ0n) is 22.1. The molecule has 0 saturated heterocycles. The van der Waals surface area contributed by atoms with E-state index in [1.807, 2.05) is 0 Å². The molecule has 2 heteroatoms. The Morgan fingerprint density at radius 3 is 0.906 bits per heavy atom. The van der Waals surface area contributed by atoms with Crippen molar-refractivity contribution >= 4 is 11.6 Å². The third-order valence-corrected chi connectivity index (χ3v) is 6.83. The number of rotatable bonds is 26. The molecule has 0 aliphatic carbocycles. The topological polar surface area (TPSA) is 34.1 Å². The highest BCUT2D eigenvalue weighted by molar-refractivity contribution is 6.02. The predicted octanol–water partition coefficient (Wildman–Crippen LogP) is 9.98. The number of Topliss-reactive ketones (excluding diaryl/α,β-unsaturated/α-hetero) is 2. The van der Waals surface area contributed by atoms with Gasteiger partial charge in [0.1, 0.15) is 11.6 Å². The molecule has 189 valence electrons. The first-order valence-electron chi connectivity index (χ1n) is 14.5. The highest BCUT2D eigenvalue weighted by atomic mass is 16.1. The van der Waals surface area contributed by atoms with Crippen LogP contribution in [0, 0.1) is 12.8 Å². The Morgan fingerprint density at radius 1 is 0.438 bits per heavy atom. The maximum Gasteiger partial charge on any atom is 0.143 e. The predicted molar refractivity (Wildman–Crippen MR) is 141 cm³/mol. The van der Waals surface area contributed by atoms with Crippen LogP contribution in [0.3, 0.4) is 0 Å². The summed E-state index contributed by atoms with van der Waals surface area (Å²) in [7, 11) is 0. The number of unbranched alkanes of at least 4 members (excludes halogenated alkanes) is 20. The molecule has 0 aromatic carbocycles. The first kappa shape index (κ1) is 31.3. The van der Waals surface area contributed by atoms with Crippen molar-refractivity contribution in [3.8, 4) is 0 Å². The Bertz CT molecular complexity index is 377. The van der Waals surface area contributed by atoms with Crippen LogP contribution in [0.4, 0.5) is 0 Å². The molecular weight excluding hydrogens is 392 g/mol. The molecule has 0 bridgehead atoms. The summed E-state index contributed by atoms with van der Waals surface area (Å²) >= 11 is 0. The summed E-state index contributed by atoms with van der Waals surface area (Å²) in [6, 6.07) is 0. The highest BCUT2D eigenvalue weighted by Gasteiger charge is 2.20. The lowest BCUT2D eigenvalue weighted by molar-refractivity contribution is -0.131. The summed E-state index contributed by atoms with van der Waals surface area (Å²) in [4.78, 5) is 24.5. The van der Waals surface area contributed by atoms with Gasteiger partial charge in [0, 0.05) is 12.8 Å². The monoisotopic (exact) mass is 449 g/mol. The molecule has 0 fully saturated rings. The van der Waals surface area contributed by atoms with Crippen LogP contribution in [-0.4, -0.2) is 11.6 Å². The second-order valence-corrected chi connectivity index (χ2v) is 10.1. The van der Waals surface area contributed by atoms with Gasteiger partial charge in [0.2, 0.25) is 0 Å².